The lowest BCUT2D eigenvalue weighted by Gasteiger charge is -2.38. The van der Waals surface area contributed by atoms with Crippen LogP contribution in [-0.4, -0.2) is 52.9 Å². The molecule has 1 saturated heterocycles. The molecule has 2 aromatic carbocycles. The van der Waals surface area contributed by atoms with Gasteiger partial charge in [-0.2, -0.15) is 5.10 Å². The molecule has 0 radical (unpaired) electrons. The van der Waals surface area contributed by atoms with Crippen molar-refractivity contribution < 1.29 is 9.13 Å². The number of ether oxygens (including phenoxy) is 1. The summed E-state index contributed by atoms with van der Waals surface area (Å²) in [5, 5.41) is 4.32. The molecule has 31 heavy (non-hydrogen) atoms. The standard InChI is InChI=1S/C25H31FN4O/c1-28(23-8-5-13-29(19-23)17-21-7-3-4-9-24(21)26)16-20-10-11-25(31-2)22(15-20)18-30-14-6-12-27-30/h3-4,6-7,9-12,14-15,23H,5,8,13,16-19H2,1-2H3/t23-/m0/s1. The van der Waals surface area contributed by atoms with Crippen LogP contribution >= 0.6 is 0 Å². The first-order valence-electron chi connectivity index (χ1n) is 10.9. The highest BCUT2D eigenvalue weighted by Gasteiger charge is 2.24. The predicted octanol–water partition coefficient (Wildman–Crippen LogP) is 4.18. The fourth-order valence-electron chi connectivity index (χ4n) is 4.44. The van der Waals surface area contributed by atoms with Crippen LogP contribution in [0.1, 0.15) is 29.5 Å². The van der Waals surface area contributed by atoms with Gasteiger partial charge in [0.1, 0.15) is 11.6 Å². The van der Waals surface area contributed by atoms with Gasteiger partial charge in [-0.25, -0.2) is 4.39 Å². The molecular weight excluding hydrogens is 391 g/mol. The SMILES string of the molecule is COc1ccc(CN(C)[C@H]2CCCN(Cc3ccccc3F)C2)cc1Cn1cccn1. The number of nitrogens with zero attached hydrogens (tertiary/aromatic N) is 4. The number of rotatable bonds is 8. The average molecular weight is 423 g/mol. The molecule has 4 rings (SSSR count). The third kappa shape index (κ3) is 5.51. The summed E-state index contributed by atoms with van der Waals surface area (Å²) in [6.45, 7) is 4.21. The number of piperidine rings is 1. The molecule has 1 aliphatic heterocycles. The van der Waals surface area contributed by atoms with E-state index in [4.69, 9.17) is 4.74 Å². The van der Waals surface area contributed by atoms with Crippen LogP contribution in [0.2, 0.25) is 0 Å². The number of hydrogen-bond acceptors (Lipinski definition) is 4. The molecule has 164 valence electrons. The van der Waals surface area contributed by atoms with Crippen LogP contribution in [0.4, 0.5) is 4.39 Å². The van der Waals surface area contributed by atoms with Gasteiger partial charge >= 0.3 is 0 Å². The van der Waals surface area contributed by atoms with Crippen LogP contribution in [0.3, 0.4) is 0 Å². The van der Waals surface area contributed by atoms with Crippen molar-refractivity contribution in [3.05, 3.63) is 83.4 Å². The van der Waals surface area contributed by atoms with Crippen molar-refractivity contribution in [2.24, 2.45) is 0 Å². The molecule has 0 saturated carbocycles. The highest BCUT2D eigenvalue weighted by atomic mass is 19.1. The van der Waals surface area contributed by atoms with Crippen molar-refractivity contribution in [3.8, 4) is 5.75 Å². The van der Waals surface area contributed by atoms with Crippen molar-refractivity contribution in [1.29, 1.82) is 0 Å². The summed E-state index contributed by atoms with van der Waals surface area (Å²) in [6.07, 6.45) is 6.06. The predicted molar refractivity (Wildman–Crippen MR) is 120 cm³/mol. The molecule has 1 aliphatic rings. The van der Waals surface area contributed by atoms with E-state index < -0.39 is 0 Å². The van der Waals surface area contributed by atoms with Crippen LogP contribution in [0.25, 0.3) is 0 Å². The van der Waals surface area contributed by atoms with Gasteiger partial charge in [-0.1, -0.05) is 24.3 Å². The zero-order valence-electron chi connectivity index (χ0n) is 18.4. The number of methoxy groups -OCH3 is 1. The molecular formula is C25H31FN4O. The van der Waals surface area contributed by atoms with Crippen LogP contribution in [0.15, 0.2) is 60.9 Å². The number of hydrogen-bond donors (Lipinski definition) is 0. The summed E-state index contributed by atoms with van der Waals surface area (Å²) < 4.78 is 21.5. The van der Waals surface area contributed by atoms with E-state index in [9.17, 15) is 4.39 Å². The maximum absolute atomic E-state index is 14.1. The Morgan fingerprint density at radius 3 is 2.77 bits per heavy atom. The largest absolute Gasteiger partial charge is 0.496 e. The van der Waals surface area contributed by atoms with Gasteiger partial charge in [0.15, 0.2) is 0 Å². The normalized spacial score (nSPS) is 17.2. The van der Waals surface area contributed by atoms with E-state index in [1.807, 2.05) is 35.1 Å². The molecule has 0 bridgehead atoms. The van der Waals surface area contributed by atoms with Crippen molar-refractivity contribution in [3.63, 3.8) is 0 Å². The van der Waals surface area contributed by atoms with E-state index in [0.29, 0.717) is 19.1 Å². The monoisotopic (exact) mass is 422 g/mol. The second-order valence-corrected chi connectivity index (χ2v) is 8.39. The zero-order valence-corrected chi connectivity index (χ0v) is 18.4. The smallest absolute Gasteiger partial charge is 0.127 e. The molecule has 2 heterocycles. The highest BCUT2D eigenvalue weighted by Crippen LogP contribution is 2.24. The van der Waals surface area contributed by atoms with Crippen molar-refractivity contribution in [2.75, 3.05) is 27.2 Å². The molecule has 0 unspecified atom stereocenters. The van der Waals surface area contributed by atoms with E-state index in [2.05, 4.69) is 34.1 Å². The highest BCUT2D eigenvalue weighted by molar-refractivity contribution is 5.37. The van der Waals surface area contributed by atoms with Gasteiger partial charge in [-0.3, -0.25) is 14.5 Å². The molecule has 1 fully saturated rings. The number of aromatic nitrogens is 2. The van der Waals surface area contributed by atoms with Gasteiger partial charge in [0, 0.05) is 49.2 Å². The van der Waals surface area contributed by atoms with E-state index in [-0.39, 0.29) is 5.82 Å². The lowest BCUT2D eigenvalue weighted by molar-refractivity contribution is 0.106. The lowest BCUT2D eigenvalue weighted by Crippen LogP contribution is -2.45. The third-order valence-electron chi connectivity index (χ3n) is 6.12. The fourth-order valence-corrected chi connectivity index (χ4v) is 4.44. The molecule has 5 nitrogen and oxygen atoms in total. The molecule has 3 aromatic rings. The molecule has 1 aromatic heterocycles. The van der Waals surface area contributed by atoms with Crippen LogP contribution in [-0.2, 0) is 19.6 Å². The lowest BCUT2D eigenvalue weighted by atomic mass is 10.0. The number of benzene rings is 2. The van der Waals surface area contributed by atoms with E-state index >= 15 is 0 Å². The second-order valence-electron chi connectivity index (χ2n) is 8.39. The van der Waals surface area contributed by atoms with E-state index in [1.165, 1.54) is 12.0 Å². The van der Waals surface area contributed by atoms with Gasteiger partial charge < -0.3 is 4.74 Å². The third-order valence-corrected chi connectivity index (χ3v) is 6.12. The zero-order chi connectivity index (χ0) is 21.6. The summed E-state index contributed by atoms with van der Waals surface area (Å²) >= 11 is 0. The Morgan fingerprint density at radius 1 is 1.13 bits per heavy atom. The minimum Gasteiger partial charge on any atom is -0.496 e. The van der Waals surface area contributed by atoms with Crippen molar-refractivity contribution >= 4 is 0 Å². The Labute approximate surface area is 184 Å². The molecule has 0 spiro atoms. The number of likely N-dealkylation sites (N-methyl/N-ethyl adjacent to an activating group) is 1. The van der Waals surface area contributed by atoms with Gasteiger partial charge in [0.25, 0.3) is 0 Å². The Bertz CT molecular complexity index is 975. The van der Waals surface area contributed by atoms with Crippen molar-refractivity contribution in [2.45, 2.75) is 38.5 Å². The summed E-state index contributed by atoms with van der Waals surface area (Å²) in [5.41, 5.74) is 3.17. The maximum Gasteiger partial charge on any atom is 0.127 e. The Balaban J connectivity index is 1.40. The minimum atomic E-state index is -0.110. The van der Waals surface area contributed by atoms with Gasteiger partial charge in [-0.05, 0) is 56.3 Å². The van der Waals surface area contributed by atoms with Crippen LogP contribution in [0, 0.1) is 5.82 Å². The number of halogens is 1. The van der Waals surface area contributed by atoms with Gasteiger partial charge in [0.2, 0.25) is 0 Å². The van der Waals surface area contributed by atoms with Gasteiger partial charge in [-0.15, -0.1) is 0 Å². The van der Waals surface area contributed by atoms with Crippen molar-refractivity contribution in [1.82, 2.24) is 19.6 Å². The summed E-state index contributed by atoms with van der Waals surface area (Å²) in [4.78, 5) is 4.80. The molecule has 1 atom stereocenters. The summed E-state index contributed by atoms with van der Waals surface area (Å²) in [7, 11) is 3.90. The van der Waals surface area contributed by atoms with Crippen LogP contribution < -0.4 is 4.74 Å². The molecule has 0 N–H and O–H groups in total. The Kier molecular flexibility index (Phi) is 6.99. The summed E-state index contributed by atoms with van der Waals surface area (Å²) in [6, 6.07) is 15.9. The quantitative estimate of drug-likeness (QED) is 0.545. The molecule has 0 amide bonds. The number of likely N-dealkylation sites (tertiary alicyclic amines) is 1. The van der Waals surface area contributed by atoms with E-state index in [0.717, 1.165) is 42.9 Å². The Morgan fingerprint density at radius 2 is 2.00 bits per heavy atom. The van der Waals surface area contributed by atoms with Gasteiger partial charge in [0.05, 0.1) is 13.7 Å². The molecule has 0 aliphatic carbocycles. The first-order valence-corrected chi connectivity index (χ1v) is 10.9. The molecule has 6 heteroatoms. The maximum atomic E-state index is 14.1. The summed E-state index contributed by atoms with van der Waals surface area (Å²) in [5.74, 6) is 0.775. The first kappa shape index (κ1) is 21.5. The first-order chi connectivity index (χ1) is 15.1. The minimum absolute atomic E-state index is 0.110. The average Bonchev–Trinajstić information content (AvgIpc) is 3.29. The fraction of sp³-hybridized carbons (Fsp3) is 0.400. The van der Waals surface area contributed by atoms with E-state index in [1.54, 1.807) is 25.4 Å². The Hall–Kier alpha value is -2.70. The topological polar surface area (TPSA) is 33.5 Å². The second kappa shape index (κ2) is 10.1. The van der Waals surface area contributed by atoms with Crippen LogP contribution in [0.5, 0.6) is 5.75 Å².